The predicted octanol–water partition coefficient (Wildman–Crippen LogP) is 2.35. The Labute approximate surface area is 129 Å². The van der Waals surface area contributed by atoms with Gasteiger partial charge in [0.25, 0.3) is 0 Å². The van der Waals surface area contributed by atoms with Crippen molar-refractivity contribution in [1.82, 2.24) is 5.32 Å². The van der Waals surface area contributed by atoms with Crippen molar-refractivity contribution in [2.24, 2.45) is 0 Å². The number of hydrogen-bond acceptors (Lipinski definition) is 5. The number of nitrogens with one attached hydrogen (secondary N) is 1. The number of methoxy groups -OCH3 is 2. The molecule has 1 heterocycles. The quantitative estimate of drug-likeness (QED) is 0.812. The van der Waals surface area contributed by atoms with E-state index >= 15 is 0 Å². The first-order valence-electron chi connectivity index (χ1n) is 7.14. The second kappa shape index (κ2) is 5.77. The van der Waals surface area contributed by atoms with E-state index in [1.165, 1.54) is 7.11 Å². The molecule has 0 aromatic heterocycles. The van der Waals surface area contributed by atoms with E-state index in [2.05, 4.69) is 5.32 Å². The molecule has 3 rings (SSSR count). The van der Waals surface area contributed by atoms with Gasteiger partial charge in [0.2, 0.25) is 0 Å². The van der Waals surface area contributed by atoms with Crippen LogP contribution in [0.25, 0.3) is 0 Å². The maximum absolute atomic E-state index is 10.1. The lowest BCUT2D eigenvalue weighted by Gasteiger charge is -2.28. The zero-order valence-corrected chi connectivity index (χ0v) is 12.6. The highest BCUT2D eigenvalue weighted by atomic mass is 16.5. The van der Waals surface area contributed by atoms with Gasteiger partial charge in [0.1, 0.15) is 0 Å². The third-order valence-electron chi connectivity index (χ3n) is 4.03. The summed E-state index contributed by atoms with van der Waals surface area (Å²) in [5.74, 6) is 1.16. The molecule has 0 bridgehead atoms. The van der Waals surface area contributed by atoms with E-state index in [0.29, 0.717) is 11.5 Å². The van der Waals surface area contributed by atoms with Crippen LogP contribution in [-0.2, 0) is 6.42 Å². The summed E-state index contributed by atoms with van der Waals surface area (Å²) in [6, 6.07) is 8.85. The van der Waals surface area contributed by atoms with Gasteiger partial charge in [-0.25, -0.2) is 0 Å². The molecule has 0 saturated carbocycles. The van der Waals surface area contributed by atoms with E-state index in [9.17, 15) is 10.2 Å². The molecule has 1 aliphatic heterocycles. The van der Waals surface area contributed by atoms with Crippen LogP contribution in [0.3, 0.4) is 0 Å². The van der Waals surface area contributed by atoms with Crippen molar-refractivity contribution in [1.29, 1.82) is 0 Å². The molecule has 1 unspecified atom stereocenters. The van der Waals surface area contributed by atoms with Crippen LogP contribution in [0.15, 0.2) is 30.3 Å². The minimum atomic E-state index is -0.0601. The fourth-order valence-electron chi connectivity index (χ4n) is 2.91. The van der Waals surface area contributed by atoms with Crippen LogP contribution in [-0.4, -0.2) is 31.0 Å². The molecule has 0 fully saturated rings. The molecular formula is C17H19NO4. The average Bonchev–Trinajstić information content (AvgIpc) is 2.54. The van der Waals surface area contributed by atoms with Crippen LogP contribution in [0.5, 0.6) is 23.0 Å². The highest BCUT2D eigenvalue weighted by Crippen LogP contribution is 2.38. The fraction of sp³-hybridized carbons (Fsp3) is 0.294. The second-order valence-corrected chi connectivity index (χ2v) is 5.29. The summed E-state index contributed by atoms with van der Waals surface area (Å²) < 4.78 is 10.4. The van der Waals surface area contributed by atoms with E-state index < -0.39 is 0 Å². The van der Waals surface area contributed by atoms with Crippen molar-refractivity contribution in [3.8, 4) is 23.0 Å². The van der Waals surface area contributed by atoms with E-state index in [4.69, 9.17) is 9.47 Å². The van der Waals surface area contributed by atoms with Gasteiger partial charge in [-0.15, -0.1) is 0 Å². The molecule has 0 saturated heterocycles. The van der Waals surface area contributed by atoms with Gasteiger partial charge in [-0.05, 0) is 47.4 Å². The van der Waals surface area contributed by atoms with Gasteiger partial charge < -0.3 is 25.0 Å². The molecule has 1 aliphatic rings. The summed E-state index contributed by atoms with van der Waals surface area (Å²) in [7, 11) is 3.07. The number of phenolic OH excluding ortho intramolecular Hbond substituents is 2. The lowest BCUT2D eigenvalue weighted by atomic mass is 9.89. The van der Waals surface area contributed by atoms with Gasteiger partial charge in [-0.2, -0.15) is 0 Å². The molecule has 0 amide bonds. The normalized spacial score (nSPS) is 16.9. The molecule has 0 radical (unpaired) electrons. The molecule has 3 N–H and O–H groups in total. The number of ether oxygens (including phenoxy) is 2. The summed E-state index contributed by atoms with van der Waals surface area (Å²) in [4.78, 5) is 0. The highest BCUT2D eigenvalue weighted by Gasteiger charge is 2.24. The molecule has 0 aliphatic carbocycles. The lowest BCUT2D eigenvalue weighted by Crippen LogP contribution is -2.30. The number of benzene rings is 2. The summed E-state index contributed by atoms with van der Waals surface area (Å²) in [6.07, 6.45) is 0.873. The van der Waals surface area contributed by atoms with Crippen LogP contribution in [0.2, 0.25) is 0 Å². The first kappa shape index (κ1) is 14.5. The number of phenols is 2. The first-order chi connectivity index (χ1) is 10.6. The van der Waals surface area contributed by atoms with Crippen molar-refractivity contribution >= 4 is 0 Å². The fourth-order valence-corrected chi connectivity index (χ4v) is 2.91. The zero-order chi connectivity index (χ0) is 15.7. The maximum atomic E-state index is 10.1. The Kier molecular flexibility index (Phi) is 3.81. The molecule has 116 valence electrons. The lowest BCUT2D eigenvalue weighted by molar-refractivity contribution is 0.370. The summed E-state index contributed by atoms with van der Waals surface area (Å²) in [6.45, 7) is 0.828. The monoisotopic (exact) mass is 301 g/mol. The van der Waals surface area contributed by atoms with Crippen LogP contribution >= 0.6 is 0 Å². The van der Waals surface area contributed by atoms with Gasteiger partial charge in [-0.1, -0.05) is 6.07 Å². The minimum Gasteiger partial charge on any atom is -0.504 e. The molecule has 5 nitrogen and oxygen atoms in total. The van der Waals surface area contributed by atoms with E-state index in [1.54, 1.807) is 19.2 Å². The van der Waals surface area contributed by atoms with Gasteiger partial charge >= 0.3 is 0 Å². The largest absolute Gasteiger partial charge is 0.504 e. The van der Waals surface area contributed by atoms with Crippen LogP contribution in [0.4, 0.5) is 0 Å². The number of hydrogen-bond donors (Lipinski definition) is 3. The SMILES string of the molecule is COc1cc(C2NCCc3cc(OC)c(O)cc32)ccc1O. The highest BCUT2D eigenvalue weighted by molar-refractivity contribution is 5.52. The Bertz CT molecular complexity index is 699. The summed E-state index contributed by atoms with van der Waals surface area (Å²) in [5.41, 5.74) is 3.13. The van der Waals surface area contributed by atoms with Gasteiger partial charge in [0.15, 0.2) is 23.0 Å². The number of aromatic hydroxyl groups is 2. The Morgan fingerprint density at radius 3 is 2.45 bits per heavy atom. The van der Waals surface area contributed by atoms with Crippen LogP contribution in [0, 0.1) is 0 Å². The van der Waals surface area contributed by atoms with Crippen molar-refractivity contribution < 1.29 is 19.7 Å². The second-order valence-electron chi connectivity index (χ2n) is 5.29. The predicted molar refractivity (Wildman–Crippen MR) is 82.9 cm³/mol. The number of rotatable bonds is 3. The van der Waals surface area contributed by atoms with Crippen molar-refractivity contribution in [2.75, 3.05) is 20.8 Å². The van der Waals surface area contributed by atoms with E-state index in [0.717, 1.165) is 29.7 Å². The van der Waals surface area contributed by atoms with Gasteiger partial charge in [-0.3, -0.25) is 0 Å². The zero-order valence-electron chi connectivity index (χ0n) is 12.6. The average molecular weight is 301 g/mol. The molecule has 2 aromatic rings. The van der Waals surface area contributed by atoms with Crippen molar-refractivity contribution in [3.63, 3.8) is 0 Å². The third kappa shape index (κ3) is 2.44. The third-order valence-corrected chi connectivity index (χ3v) is 4.03. The van der Waals surface area contributed by atoms with Gasteiger partial charge in [0, 0.05) is 6.54 Å². The van der Waals surface area contributed by atoms with Crippen molar-refractivity contribution in [2.45, 2.75) is 12.5 Å². The molecular weight excluding hydrogens is 282 g/mol. The minimum absolute atomic E-state index is 0.0601. The Hall–Kier alpha value is -2.40. The molecule has 0 spiro atoms. The molecule has 5 heteroatoms. The van der Waals surface area contributed by atoms with E-state index in [-0.39, 0.29) is 17.5 Å². The molecule has 2 aromatic carbocycles. The van der Waals surface area contributed by atoms with Gasteiger partial charge in [0.05, 0.1) is 20.3 Å². The van der Waals surface area contributed by atoms with Crippen molar-refractivity contribution in [3.05, 3.63) is 47.0 Å². The standard InChI is InChI=1S/C17H19NO4/c1-21-15-8-11(3-4-13(15)19)17-12-9-14(20)16(22-2)7-10(12)5-6-18-17/h3-4,7-9,17-20H,5-6H2,1-2H3. The Balaban J connectivity index is 2.06. The molecule has 1 atom stereocenters. The van der Waals surface area contributed by atoms with E-state index in [1.807, 2.05) is 18.2 Å². The maximum Gasteiger partial charge on any atom is 0.160 e. The Morgan fingerprint density at radius 1 is 1.00 bits per heavy atom. The topological polar surface area (TPSA) is 71.0 Å². The van der Waals surface area contributed by atoms with Crippen LogP contribution in [0.1, 0.15) is 22.7 Å². The molecule has 22 heavy (non-hydrogen) atoms. The van der Waals surface area contributed by atoms with Crippen LogP contribution < -0.4 is 14.8 Å². The first-order valence-corrected chi connectivity index (χ1v) is 7.14. The smallest absolute Gasteiger partial charge is 0.160 e. The summed E-state index contributed by atoms with van der Waals surface area (Å²) >= 11 is 0. The summed E-state index contributed by atoms with van der Waals surface area (Å²) in [5, 5.41) is 23.2. The Morgan fingerprint density at radius 2 is 1.73 bits per heavy atom. The number of fused-ring (bicyclic) bond motifs is 1.